The van der Waals surface area contributed by atoms with E-state index in [4.69, 9.17) is 19.3 Å². The number of hydrogen-bond acceptors (Lipinski definition) is 8. The number of anilines is 1. The molecular formula is C23H21FN4O7. The van der Waals surface area contributed by atoms with E-state index in [0.29, 0.717) is 23.4 Å². The molecule has 3 heterocycles. The van der Waals surface area contributed by atoms with Crippen LogP contribution in [0.25, 0.3) is 11.1 Å². The van der Waals surface area contributed by atoms with Gasteiger partial charge in [-0.3, -0.25) is 9.47 Å². The van der Waals surface area contributed by atoms with Gasteiger partial charge in [-0.1, -0.05) is 24.3 Å². The van der Waals surface area contributed by atoms with Crippen molar-refractivity contribution >= 4 is 17.6 Å². The van der Waals surface area contributed by atoms with Gasteiger partial charge in [0.2, 0.25) is 0 Å². The van der Waals surface area contributed by atoms with Crippen LogP contribution in [0, 0.1) is 15.9 Å². The minimum absolute atomic E-state index is 0.161. The lowest BCUT2D eigenvalue weighted by molar-refractivity contribution is -0.389. The van der Waals surface area contributed by atoms with Crippen molar-refractivity contribution in [1.82, 2.24) is 9.55 Å². The predicted octanol–water partition coefficient (Wildman–Crippen LogP) is 2.89. The second-order valence-electron chi connectivity index (χ2n) is 8.20. The lowest BCUT2D eigenvalue weighted by Crippen LogP contribution is -2.32. The maximum Gasteiger partial charge on any atom is 0.414 e. The zero-order chi connectivity index (χ0) is 24.5. The zero-order valence-corrected chi connectivity index (χ0v) is 18.4. The molecule has 2 aliphatic heterocycles. The molecule has 2 aromatic carbocycles. The third kappa shape index (κ3) is 4.66. The molecule has 11 nitrogen and oxygen atoms in total. The van der Waals surface area contributed by atoms with Crippen molar-refractivity contribution in [3.63, 3.8) is 0 Å². The van der Waals surface area contributed by atoms with Gasteiger partial charge < -0.3 is 29.4 Å². The summed E-state index contributed by atoms with van der Waals surface area (Å²) in [5.41, 5.74) is 2.26. The van der Waals surface area contributed by atoms with Gasteiger partial charge in [-0.2, -0.15) is 0 Å². The number of hydrogen-bond donors (Lipinski definition) is 1. The second-order valence-corrected chi connectivity index (χ2v) is 8.20. The molecule has 1 aromatic heterocycles. The summed E-state index contributed by atoms with van der Waals surface area (Å²) in [6, 6.07) is 11.9. The Labute approximate surface area is 198 Å². The van der Waals surface area contributed by atoms with E-state index in [1.165, 1.54) is 17.2 Å². The molecule has 182 valence electrons. The normalized spacial score (nSPS) is 19.3. The Hall–Kier alpha value is -4.03. The van der Waals surface area contributed by atoms with E-state index in [1.807, 2.05) is 12.1 Å². The van der Waals surface area contributed by atoms with Gasteiger partial charge in [0.05, 0.1) is 32.0 Å². The molecule has 35 heavy (non-hydrogen) atoms. The van der Waals surface area contributed by atoms with Crippen LogP contribution in [-0.2, 0) is 22.6 Å². The summed E-state index contributed by atoms with van der Waals surface area (Å²) in [5, 5.41) is 20.0. The Kier molecular flexibility index (Phi) is 6.05. The number of nitro groups is 1. The summed E-state index contributed by atoms with van der Waals surface area (Å²) >= 11 is 0. The number of benzene rings is 2. The Balaban J connectivity index is 1.21. The number of aliphatic hydroxyl groups is 1. The molecule has 2 unspecified atom stereocenters. The van der Waals surface area contributed by atoms with Crippen LogP contribution in [0.5, 0.6) is 6.01 Å². The average molecular weight is 484 g/mol. The smallest absolute Gasteiger partial charge is 0.414 e. The summed E-state index contributed by atoms with van der Waals surface area (Å²) < 4.78 is 32.7. The first-order valence-electron chi connectivity index (χ1n) is 10.8. The highest BCUT2D eigenvalue weighted by atomic mass is 19.1. The Morgan fingerprint density at radius 2 is 2.03 bits per heavy atom. The average Bonchev–Trinajstić information content (AvgIpc) is 3.46. The number of aliphatic hydroxyl groups excluding tert-OH is 1. The number of cyclic esters (lactones) is 1. The Morgan fingerprint density at radius 1 is 1.23 bits per heavy atom. The molecule has 0 aliphatic carbocycles. The quantitative estimate of drug-likeness (QED) is 0.400. The first kappa shape index (κ1) is 22.7. The number of rotatable bonds is 7. The maximum absolute atomic E-state index is 14.8. The highest BCUT2D eigenvalue weighted by Gasteiger charge is 2.32. The van der Waals surface area contributed by atoms with Crippen LogP contribution in [0.4, 0.5) is 20.7 Å². The summed E-state index contributed by atoms with van der Waals surface area (Å²) in [7, 11) is 0. The van der Waals surface area contributed by atoms with Crippen molar-refractivity contribution in [2.75, 3.05) is 24.7 Å². The largest absolute Gasteiger partial charge is 0.443 e. The topological polar surface area (TPSA) is 129 Å². The highest BCUT2D eigenvalue weighted by molar-refractivity contribution is 5.90. The standard InChI is InChI=1S/C23H21FN4O7/c24-20-7-16(27-9-17(11-29)35-23(27)30)5-6-19(20)15-3-1-14(2-4-15)12-33-18-8-26-10-21(28(31)32)25-22(26)34-13-18/h1-7,10,17-18,29H,8-9,11-13H2. The van der Waals surface area contributed by atoms with E-state index in [0.717, 1.165) is 5.56 Å². The Morgan fingerprint density at radius 3 is 2.71 bits per heavy atom. The molecule has 5 rings (SSSR count). The van der Waals surface area contributed by atoms with Gasteiger partial charge in [0.25, 0.3) is 0 Å². The summed E-state index contributed by atoms with van der Waals surface area (Å²) in [5.74, 6) is -0.762. The zero-order valence-electron chi connectivity index (χ0n) is 18.4. The van der Waals surface area contributed by atoms with Crippen LogP contribution in [0.15, 0.2) is 48.7 Å². The molecule has 1 saturated heterocycles. The number of amides is 1. The molecule has 1 N–H and O–H groups in total. The van der Waals surface area contributed by atoms with Gasteiger partial charge in [0, 0.05) is 10.5 Å². The van der Waals surface area contributed by atoms with Gasteiger partial charge in [0.15, 0.2) is 0 Å². The van der Waals surface area contributed by atoms with Crippen LogP contribution in [-0.4, -0.2) is 57.6 Å². The molecule has 0 bridgehead atoms. The van der Waals surface area contributed by atoms with Gasteiger partial charge in [-0.25, -0.2) is 9.18 Å². The third-order valence-electron chi connectivity index (χ3n) is 5.81. The predicted molar refractivity (Wildman–Crippen MR) is 119 cm³/mol. The maximum atomic E-state index is 14.8. The Bertz CT molecular complexity index is 1260. The number of ether oxygens (including phenoxy) is 3. The molecule has 3 aromatic rings. The minimum atomic E-state index is -0.624. The van der Waals surface area contributed by atoms with Gasteiger partial charge >= 0.3 is 17.9 Å². The summed E-state index contributed by atoms with van der Waals surface area (Å²) in [6.45, 7) is 0.765. The fourth-order valence-electron chi connectivity index (χ4n) is 3.99. The summed E-state index contributed by atoms with van der Waals surface area (Å²) in [4.78, 5) is 27.3. The van der Waals surface area contributed by atoms with Crippen molar-refractivity contribution < 1.29 is 33.4 Å². The third-order valence-corrected chi connectivity index (χ3v) is 5.81. The van der Waals surface area contributed by atoms with E-state index in [2.05, 4.69) is 4.98 Å². The fourth-order valence-corrected chi connectivity index (χ4v) is 3.99. The molecule has 1 amide bonds. The van der Waals surface area contributed by atoms with Gasteiger partial charge in [0.1, 0.15) is 30.8 Å². The van der Waals surface area contributed by atoms with Crippen LogP contribution >= 0.6 is 0 Å². The number of nitrogens with zero attached hydrogens (tertiary/aromatic N) is 4. The fraction of sp³-hybridized carbons (Fsp3) is 0.304. The van der Waals surface area contributed by atoms with Crippen molar-refractivity contribution in [3.05, 3.63) is 70.2 Å². The monoisotopic (exact) mass is 484 g/mol. The number of carbonyl (C=O) groups excluding carboxylic acids is 1. The van der Waals surface area contributed by atoms with Crippen LogP contribution in [0.2, 0.25) is 0 Å². The van der Waals surface area contributed by atoms with Crippen molar-refractivity contribution in [3.8, 4) is 17.1 Å². The first-order chi connectivity index (χ1) is 16.9. The lowest BCUT2D eigenvalue weighted by atomic mass is 10.0. The number of carbonyl (C=O) groups is 1. The van der Waals surface area contributed by atoms with Crippen LogP contribution in [0.1, 0.15) is 5.56 Å². The van der Waals surface area contributed by atoms with Crippen LogP contribution < -0.4 is 9.64 Å². The van der Waals surface area contributed by atoms with Crippen molar-refractivity contribution in [2.24, 2.45) is 0 Å². The second kappa shape index (κ2) is 9.31. The first-order valence-corrected chi connectivity index (χ1v) is 10.8. The van der Waals surface area contributed by atoms with E-state index < -0.39 is 22.9 Å². The SMILES string of the molecule is O=C1OC(CO)CN1c1ccc(-c2ccc(COC3COc4nc([N+](=O)[O-])cn4C3)cc2)c(F)c1. The number of halogens is 1. The molecule has 0 spiro atoms. The van der Waals surface area contributed by atoms with E-state index in [9.17, 15) is 19.3 Å². The summed E-state index contributed by atoms with van der Waals surface area (Å²) in [6.07, 6.45) is -0.229. The van der Waals surface area contributed by atoms with Gasteiger partial charge in [-0.05, 0) is 34.2 Å². The molecule has 2 atom stereocenters. The lowest BCUT2D eigenvalue weighted by Gasteiger charge is -2.22. The van der Waals surface area contributed by atoms with Crippen LogP contribution in [0.3, 0.4) is 0 Å². The number of imidazole rings is 1. The molecule has 0 radical (unpaired) electrons. The number of fused-ring (bicyclic) bond motifs is 1. The minimum Gasteiger partial charge on any atom is -0.443 e. The molecule has 12 heteroatoms. The number of aromatic nitrogens is 2. The van der Waals surface area contributed by atoms with Crippen molar-refractivity contribution in [1.29, 1.82) is 0 Å². The van der Waals surface area contributed by atoms with Gasteiger partial charge in [-0.15, -0.1) is 0 Å². The molecular weight excluding hydrogens is 463 g/mol. The molecule has 1 fully saturated rings. The van der Waals surface area contributed by atoms with E-state index in [1.54, 1.807) is 28.8 Å². The van der Waals surface area contributed by atoms with E-state index in [-0.39, 0.29) is 44.3 Å². The molecule has 2 aliphatic rings. The molecule has 0 saturated carbocycles. The van der Waals surface area contributed by atoms with Crippen molar-refractivity contribution in [2.45, 2.75) is 25.4 Å². The highest BCUT2D eigenvalue weighted by Crippen LogP contribution is 2.29. The van der Waals surface area contributed by atoms with E-state index >= 15 is 0 Å².